The number of benzene rings is 2. The Kier molecular flexibility index (Phi) is 7.13. The summed E-state index contributed by atoms with van der Waals surface area (Å²) in [5, 5.41) is 14.3. The maximum atomic E-state index is 13.6. The molecule has 2 heterocycles. The van der Waals surface area contributed by atoms with Crippen LogP contribution in [0.4, 0.5) is 5.69 Å². The molecule has 9 nitrogen and oxygen atoms in total. The second-order valence-electron chi connectivity index (χ2n) is 8.59. The van der Waals surface area contributed by atoms with Gasteiger partial charge in [-0.3, -0.25) is 4.31 Å². The number of aromatic nitrogens is 4. The molecule has 4 rings (SSSR count). The molecule has 2 aromatic carbocycles. The fourth-order valence-corrected chi connectivity index (χ4v) is 5.22. The number of aryl methyl sites for hydroxylation is 2. The van der Waals surface area contributed by atoms with Crippen molar-refractivity contribution in [2.45, 2.75) is 39.4 Å². The van der Waals surface area contributed by atoms with Gasteiger partial charge in [0.2, 0.25) is 10.9 Å². The van der Waals surface area contributed by atoms with Crippen molar-refractivity contribution in [1.82, 2.24) is 20.6 Å². The number of rotatable bonds is 9. The van der Waals surface area contributed by atoms with E-state index in [1.54, 1.807) is 25.1 Å². The minimum Gasteiger partial charge on any atom is -0.487 e. The number of nitrogens with one attached hydrogen (secondary N) is 1. The van der Waals surface area contributed by atoms with Gasteiger partial charge in [0.15, 0.2) is 0 Å². The number of nitrogens with zero attached hydrogens (tertiary/aromatic N) is 4. The fourth-order valence-electron chi connectivity index (χ4n) is 3.47. The van der Waals surface area contributed by atoms with Crippen molar-refractivity contribution in [2.24, 2.45) is 5.92 Å². The first-order valence-electron chi connectivity index (χ1n) is 11.0. The van der Waals surface area contributed by atoms with E-state index < -0.39 is 10.0 Å². The van der Waals surface area contributed by atoms with Gasteiger partial charge >= 0.3 is 0 Å². The first kappa shape index (κ1) is 24.7. The second kappa shape index (κ2) is 10.1. The van der Waals surface area contributed by atoms with Gasteiger partial charge in [0.1, 0.15) is 18.1 Å². The van der Waals surface area contributed by atoms with Gasteiger partial charge in [0.25, 0.3) is 10.0 Å². The lowest BCUT2D eigenvalue weighted by Crippen LogP contribution is -2.34. The van der Waals surface area contributed by atoms with Gasteiger partial charge in [-0.25, -0.2) is 0 Å². The first-order chi connectivity index (χ1) is 16.6. The lowest BCUT2D eigenvalue weighted by molar-refractivity contribution is 0.306. The Morgan fingerprint density at radius 3 is 2.46 bits per heavy atom. The lowest BCUT2D eigenvalue weighted by atomic mass is 10.1. The molecule has 0 radical (unpaired) electrons. The predicted octanol–water partition coefficient (Wildman–Crippen LogP) is 5.16. The number of H-pyrrole nitrogens is 1. The number of anilines is 1. The lowest BCUT2D eigenvalue weighted by Gasteiger charge is -2.27. The summed E-state index contributed by atoms with van der Waals surface area (Å²) in [6.07, 6.45) is 0. The van der Waals surface area contributed by atoms with Crippen molar-refractivity contribution in [2.75, 3.05) is 10.8 Å². The van der Waals surface area contributed by atoms with Crippen LogP contribution in [0.25, 0.3) is 11.4 Å². The van der Waals surface area contributed by atoms with Crippen molar-refractivity contribution in [1.29, 1.82) is 0 Å². The molecule has 2 aromatic heterocycles. The summed E-state index contributed by atoms with van der Waals surface area (Å²) in [4.78, 5) is 0. The van der Waals surface area contributed by atoms with Crippen LogP contribution >= 0.6 is 11.6 Å². The molecule has 0 fully saturated rings. The van der Waals surface area contributed by atoms with Gasteiger partial charge in [0, 0.05) is 17.1 Å². The minimum absolute atomic E-state index is 0.0337. The van der Waals surface area contributed by atoms with Gasteiger partial charge < -0.3 is 9.15 Å². The maximum absolute atomic E-state index is 13.6. The average molecular weight is 516 g/mol. The van der Waals surface area contributed by atoms with Gasteiger partial charge in [-0.15, -0.1) is 10.2 Å². The van der Waals surface area contributed by atoms with Gasteiger partial charge in [-0.1, -0.05) is 49.7 Å². The summed E-state index contributed by atoms with van der Waals surface area (Å²) >= 11 is 6.43. The van der Waals surface area contributed by atoms with E-state index in [4.69, 9.17) is 20.8 Å². The fraction of sp³-hybridized carbons (Fsp3) is 0.292. The maximum Gasteiger partial charge on any atom is 0.297 e. The Labute approximate surface area is 209 Å². The molecule has 35 heavy (non-hydrogen) atoms. The smallest absolute Gasteiger partial charge is 0.297 e. The van der Waals surface area contributed by atoms with Crippen LogP contribution in [0.5, 0.6) is 5.75 Å². The number of aromatic amines is 1. The Morgan fingerprint density at radius 1 is 1.11 bits per heavy atom. The molecule has 11 heteroatoms. The molecule has 0 saturated carbocycles. The quantitative estimate of drug-likeness (QED) is 0.327. The largest absolute Gasteiger partial charge is 0.487 e. The van der Waals surface area contributed by atoms with Gasteiger partial charge in [-0.05, 0) is 60.4 Å². The molecular weight excluding hydrogens is 490 g/mol. The number of hydrogen-bond acceptors (Lipinski definition) is 7. The normalized spacial score (nSPS) is 11.7. The summed E-state index contributed by atoms with van der Waals surface area (Å²) in [5.74, 6) is 1.44. The third-order valence-electron chi connectivity index (χ3n) is 5.25. The number of halogens is 1. The Bertz CT molecular complexity index is 1400. The molecule has 0 amide bonds. The molecule has 0 aliphatic heterocycles. The van der Waals surface area contributed by atoms with E-state index in [1.807, 2.05) is 45.0 Å². The number of sulfonamides is 1. The molecule has 0 bridgehead atoms. The zero-order valence-electron chi connectivity index (χ0n) is 19.8. The van der Waals surface area contributed by atoms with E-state index in [2.05, 4.69) is 20.6 Å². The highest BCUT2D eigenvalue weighted by Crippen LogP contribution is 2.38. The van der Waals surface area contributed by atoms with Crippen LogP contribution in [0.3, 0.4) is 0 Å². The van der Waals surface area contributed by atoms with Crippen LogP contribution in [0.2, 0.25) is 5.02 Å². The van der Waals surface area contributed by atoms with Crippen LogP contribution in [0.1, 0.15) is 30.7 Å². The molecule has 0 atom stereocenters. The van der Waals surface area contributed by atoms with E-state index in [0.29, 0.717) is 28.0 Å². The molecule has 0 spiro atoms. The highest BCUT2D eigenvalue weighted by Gasteiger charge is 2.31. The Morgan fingerprint density at radius 2 is 1.86 bits per heavy atom. The van der Waals surface area contributed by atoms with Crippen LogP contribution in [-0.4, -0.2) is 35.6 Å². The summed E-state index contributed by atoms with van der Waals surface area (Å²) in [6, 6.07) is 14.0. The van der Waals surface area contributed by atoms with Crippen molar-refractivity contribution in [3.63, 3.8) is 0 Å². The topological polar surface area (TPSA) is 114 Å². The van der Waals surface area contributed by atoms with E-state index in [0.717, 1.165) is 16.7 Å². The number of tetrazole rings is 1. The van der Waals surface area contributed by atoms with Crippen LogP contribution in [0, 0.1) is 19.8 Å². The standard InChI is InChI=1S/C24H26ClN5O4S/c1-15(2)13-30(35(31,32)23-10-5-17(4)34-23)21-12-20(25)16(3)11-22(21)33-14-18-6-8-19(9-7-18)24-26-28-29-27-24/h5-12,15H,13-14H2,1-4H3,(H,26,27,28,29). The average Bonchev–Trinajstić information content (AvgIpc) is 3.51. The van der Waals surface area contributed by atoms with E-state index in [1.165, 1.54) is 10.4 Å². The van der Waals surface area contributed by atoms with Crippen molar-refractivity contribution >= 4 is 27.3 Å². The molecule has 184 valence electrons. The summed E-state index contributed by atoms with van der Waals surface area (Å²) < 4.78 is 40.1. The first-order valence-corrected chi connectivity index (χ1v) is 12.8. The number of ether oxygens (including phenoxy) is 1. The van der Waals surface area contributed by atoms with E-state index in [9.17, 15) is 8.42 Å². The van der Waals surface area contributed by atoms with Crippen molar-refractivity contribution < 1.29 is 17.6 Å². The third kappa shape index (κ3) is 5.49. The van der Waals surface area contributed by atoms with E-state index >= 15 is 0 Å². The monoisotopic (exact) mass is 515 g/mol. The second-order valence-corrected chi connectivity index (χ2v) is 10.8. The van der Waals surface area contributed by atoms with Crippen molar-refractivity contribution in [3.05, 3.63) is 70.4 Å². The number of hydrogen-bond donors (Lipinski definition) is 1. The molecule has 0 aliphatic rings. The zero-order valence-corrected chi connectivity index (χ0v) is 21.4. The van der Waals surface area contributed by atoms with E-state index in [-0.39, 0.29) is 24.2 Å². The molecule has 0 saturated heterocycles. The molecule has 4 aromatic rings. The molecule has 1 N–H and O–H groups in total. The van der Waals surface area contributed by atoms with Crippen molar-refractivity contribution in [3.8, 4) is 17.1 Å². The van der Waals surface area contributed by atoms with Crippen LogP contribution < -0.4 is 9.04 Å². The number of furan rings is 1. The minimum atomic E-state index is -3.99. The van der Waals surface area contributed by atoms with Gasteiger partial charge in [0.05, 0.1) is 5.69 Å². The summed E-state index contributed by atoms with van der Waals surface area (Å²) in [5.41, 5.74) is 2.82. The Balaban J connectivity index is 1.67. The van der Waals surface area contributed by atoms with Crippen LogP contribution in [-0.2, 0) is 16.6 Å². The predicted molar refractivity (Wildman–Crippen MR) is 133 cm³/mol. The molecule has 0 aliphatic carbocycles. The van der Waals surface area contributed by atoms with Gasteiger partial charge in [-0.2, -0.15) is 13.6 Å². The highest BCUT2D eigenvalue weighted by atomic mass is 35.5. The Hall–Kier alpha value is -3.37. The SMILES string of the molecule is Cc1ccc(S(=O)(=O)N(CC(C)C)c2cc(Cl)c(C)cc2OCc2ccc(-c3nn[nH]n3)cc2)o1. The summed E-state index contributed by atoms with van der Waals surface area (Å²) in [7, 11) is -3.99. The molecular formula is C24H26ClN5O4S. The summed E-state index contributed by atoms with van der Waals surface area (Å²) in [6.45, 7) is 7.87. The van der Waals surface area contributed by atoms with Crippen LogP contribution in [0.15, 0.2) is 58.0 Å². The zero-order chi connectivity index (χ0) is 25.2. The molecule has 0 unspecified atom stereocenters. The highest BCUT2D eigenvalue weighted by molar-refractivity contribution is 7.92. The third-order valence-corrected chi connectivity index (χ3v) is 7.31.